The van der Waals surface area contributed by atoms with Gasteiger partial charge in [0.05, 0.1) is 29.8 Å². The molecule has 2 aromatic rings. The first-order chi connectivity index (χ1) is 24.5. The monoisotopic (exact) mass is 738 g/mol. The fourth-order valence-corrected chi connectivity index (χ4v) is 10.7. The van der Waals surface area contributed by atoms with E-state index >= 15 is 0 Å². The van der Waals surface area contributed by atoms with E-state index in [1.807, 2.05) is 19.1 Å². The molecule has 51 heavy (non-hydrogen) atoms. The van der Waals surface area contributed by atoms with Crippen LogP contribution in [0.15, 0.2) is 61.2 Å². The summed E-state index contributed by atoms with van der Waals surface area (Å²) in [5.41, 5.74) is 3.24. The number of fused-ring (bicyclic) bond motifs is 3. The number of unbranched alkanes of at least 4 members (excludes halogenated alkanes) is 1. The highest BCUT2D eigenvalue weighted by Gasteiger charge is 2.44. The van der Waals surface area contributed by atoms with Crippen LogP contribution in [0.4, 0.5) is 5.69 Å². The summed E-state index contributed by atoms with van der Waals surface area (Å²) in [6.45, 7) is 10.3. The zero-order valence-corrected chi connectivity index (χ0v) is 31.8. The summed E-state index contributed by atoms with van der Waals surface area (Å²) < 4.78 is 42.6. The summed E-state index contributed by atoms with van der Waals surface area (Å²) in [4.78, 5) is 16.2. The number of benzene rings is 2. The number of carbonyl (C=O) groups excluding carboxylic acids is 1. The third kappa shape index (κ3) is 8.53. The molecule has 1 spiro atoms. The van der Waals surface area contributed by atoms with E-state index in [1.54, 1.807) is 24.3 Å². The maximum absolute atomic E-state index is 13.9. The van der Waals surface area contributed by atoms with Crippen molar-refractivity contribution in [2.24, 2.45) is 17.8 Å². The summed E-state index contributed by atoms with van der Waals surface area (Å²) in [6.07, 6.45) is 14.6. The van der Waals surface area contributed by atoms with E-state index in [9.17, 15) is 18.3 Å². The molecule has 0 aromatic heterocycles. The van der Waals surface area contributed by atoms with Gasteiger partial charge >= 0.3 is 0 Å². The van der Waals surface area contributed by atoms with Crippen molar-refractivity contribution in [1.82, 2.24) is 4.72 Å². The normalized spacial score (nSPS) is 26.4. The Labute approximate surface area is 309 Å². The van der Waals surface area contributed by atoms with Crippen LogP contribution in [0.25, 0.3) is 0 Å². The predicted octanol–water partition coefficient (Wildman–Crippen LogP) is 7.77. The zero-order chi connectivity index (χ0) is 36.2. The second-order valence-corrected chi connectivity index (χ2v) is 17.7. The van der Waals surface area contributed by atoms with Gasteiger partial charge in [0.1, 0.15) is 5.75 Å². The maximum atomic E-state index is 13.9. The van der Waals surface area contributed by atoms with Crippen molar-refractivity contribution in [3.63, 3.8) is 0 Å². The van der Waals surface area contributed by atoms with Gasteiger partial charge in [0, 0.05) is 35.7 Å². The summed E-state index contributed by atoms with van der Waals surface area (Å²) in [5, 5.41) is 11.0. The van der Waals surface area contributed by atoms with Gasteiger partial charge < -0.3 is 19.5 Å². The average Bonchev–Trinajstić information content (AvgIpc) is 3.56. The van der Waals surface area contributed by atoms with Crippen molar-refractivity contribution in [3.8, 4) is 5.75 Å². The lowest BCUT2D eigenvalue weighted by Gasteiger charge is -2.45. The third-order valence-electron chi connectivity index (χ3n) is 11.8. The predicted molar refractivity (Wildman–Crippen MR) is 204 cm³/mol. The molecule has 0 bridgehead atoms. The molecule has 2 heterocycles. The van der Waals surface area contributed by atoms with Gasteiger partial charge in [0.25, 0.3) is 5.91 Å². The minimum atomic E-state index is -4.04. The molecule has 1 saturated heterocycles. The molecule has 1 saturated carbocycles. The highest BCUT2D eigenvalue weighted by atomic mass is 35.5. The number of hydrogen-bond acceptors (Lipinski definition) is 7. The Morgan fingerprint density at radius 3 is 2.76 bits per heavy atom. The van der Waals surface area contributed by atoms with Crippen molar-refractivity contribution < 1.29 is 27.8 Å². The molecular weight excluding hydrogens is 684 g/mol. The van der Waals surface area contributed by atoms with Gasteiger partial charge in [-0.05, 0) is 123 Å². The molecule has 0 unspecified atom stereocenters. The van der Waals surface area contributed by atoms with Crippen LogP contribution in [0.5, 0.6) is 5.75 Å². The molecule has 278 valence electrons. The molecule has 1 amide bonds. The summed E-state index contributed by atoms with van der Waals surface area (Å²) in [6, 6.07) is 11.4. The number of aliphatic hydroxyl groups is 1. The van der Waals surface area contributed by atoms with E-state index in [-0.39, 0.29) is 34.8 Å². The second-order valence-electron chi connectivity index (χ2n) is 15.4. The Balaban J connectivity index is 1.30. The smallest absolute Gasteiger partial charge is 0.264 e. The van der Waals surface area contributed by atoms with Crippen molar-refractivity contribution in [3.05, 3.63) is 82.9 Å². The molecule has 2 aliphatic heterocycles. The van der Waals surface area contributed by atoms with E-state index < -0.39 is 27.3 Å². The standard InChI is InChI=1S/C41H55ClN2O6S/c1-4-6-7-13-37(45)34-17-14-31(34)25-44-26-41(20-8-11-29-22-32(42)16-18-35(29)41)27-50-38-19-15-30(23-36(38)44)40(46)43-51(47,48)39(28(3)10-5-2)24-33-12-9-21-49-33/h5,7,13,15-16,18-19,22-23,28,31,33-34,37,39,45H,2,4,6,8-12,14,17,20-21,24-27H2,1,3H3,(H,43,46)/b13-7+/t28-,31-,33-,34+,37-,39+,41-/m0/s1. The number of nitrogens with zero attached hydrogens (tertiary/aromatic N) is 1. The summed E-state index contributed by atoms with van der Waals surface area (Å²) >= 11 is 6.45. The van der Waals surface area contributed by atoms with Crippen LogP contribution < -0.4 is 14.4 Å². The van der Waals surface area contributed by atoms with Gasteiger partial charge in [-0.3, -0.25) is 4.79 Å². The molecule has 8 nitrogen and oxygen atoms in total. The lowest BCUT2D eigenvalue weighted by molar-refractivity contribution is 0.0456. The maximum Gasteiger partial charge on any atom is 0.264 e. The number of aliphatic hydroxyl groups excluding tert-OH is 1. The van der Waals surface area contributed by atoms with Crippen molar-refractivity contribution >= 4 is 33.2 Å². The van der Waals surface area contributed by atoms with E-state index in [0.29, 0.717) is 44.9 Å². The van der Waals surface area contributed by atoms with Gasteiger partial charge in [0.2, 0.25) is 10.0 Å². The van der Waals surface area contributed by atoms with Gasteiger partial charge in [-0.25, -0.2) is 13.1 Å². The van der Waals surface area contributed by atoms with Crippen LogP contribution in [0.2, 0.25) is 5.02 Å². The van der Waals surface area contributed by atoms with E-state index in [1.165, 1.54) is 11.1 Å². The van der Waals surface area contributed by atoms with E-state index in [4.69, 9.17) is 21.1 Å². The van der Waals surface area contributed by atoms with Crippen molar-refractivity contribution in [2.75, 3.05) is 31.2 Å². The van der Waals surface area contributed by atoms with Gasteiger partial charge in [-0.15, -0.1) is 6.58 Å². The Bertz CT molecular complexity index is 1690. The molecule has 2 fully saturated rings. The molecule has 0 radical (unpaired) electrons. The number of sulfonamides is 1. The van der Waals surface area contributed by atoms with E-state index in [0.717, 1.165) is 68.5 Å². The summed E-state index contributed by atoms with van der Waals surface area (Å²) in [7, 11) is -4.04. The van der Waals surface area contributed by atoms with Crippen LogP contribution in [0.3, 0.4) is 0 Å². The number of anilines is 1. The quantitative estimate of drug-likeness (QED) is 0.191. The molecule has 2 aliphatic carbocycles. The highest BCUT2D eigenvalue weighted by Crippen LogP contribution is 2.47. The number of rotatable bonds is 14. The van der Waals surface area contributed by atoms with Crippen molar-refractivity contribution in [2.45, 2.75) is 107 Å². The summed E-state index contributed by atoms with van der Waals surface area (Å²) in [5.74, 6) is 0.178. The Kier molecular flexibility index (Phi) is 12.2. The zero-order valence-electron chi connectivity index (χ0n) is 30.2. The average molecular weight is 739 g/mol. The van der Waals surface area contributed by atoms with Crippen LogP contribution in [-0.2, 0) is 26.6 Å². The van der Waals surface area contributed by atoms with Crippen LogP contribution in [-0.4, -0.2) is 63.2 Å². The fraction of sp³-hybridized carbons (Fsp3) is 0.585. The molecular formula is C41H55ClN2O6S. The molecule has 10 heteroatoms. The van der Waals surface area contributed by atoms with Gasteiger partial charge in [-0.2, -0.15) is 0 Å². The number of halogens is 1. The fourth-order valence-electron chi connectivity index (χ4n) is 8.79. The highest BCUT2D eigenvalue weighted by molar-refractivity contribution is 7.90. The minimum absolute atomic E-state index is 0.142. The first-order valence-electron chi connectivity index (χ1n) is 19.0. The van der Waals surface area contributed by atoms with Crippen LogP contribution in [0.1, 0.15) is 99.5 Å². The van der Waals surface area contributed by atoms with E-state index in [2.05, 4.69) is 41.3 Å². The Morgan fingerprint density at radius 1 is 1.20 bits per heavy atom. The molecule has 6 rings (SSSR count). The number of allylic oxidation sites excluding steroid dienone is 2. The molecule has 2 aromatic carbocycles. The lowest BCUT2D eigenvalue weighted by Crippen LogP contribution is -2.49. The largest absolute Gasteiger partial charge is 0.490 e. The second kappa shape index (κ2) is 16.4. The number of nitrogens with one attached hydrogen (secondary N) is 1. The lowest BCUT2D eigenvalue weighted by atomic mass is 9.68. The number of amides is 1. The van der Waals surface area contributed by atoms with Gasteiger partial charge in [0.15, 0.2) is 0 Å². The number of hydrogen-bond donors (Lipinski definition) is 2. The van der Waals surface area contributed by atoms with Gasteiger partial charge in [-0.1, -0.05) is 56.2 Å². The molecule has 4 aliphatic rings. The first kappa shape index (κ1) is 37.9. The topological polar surface area (TPSA) is 105 Å². The SMILES string of the molecule is C=CC[C@H](C)[C@@H](C[C@@H]1CCCO1)S(=O)(=O)NC(=O)c1ccc2c(c1)N(C[C@@H]1CC[C@H]1[C@@H](O)/C=C/CCC)C[C@@]1(CCCc3cc(Cl)ccc31)CO2. The molecule has 2 N–H and O–H groups in total. The minimum Gasteiger partial charge on any atom is -0.490 e. The molecule has 7 atom stereocenters. The number of aryl methyl sites for hydroxylation is 1. The number of carbonyl (C=O) groups is 1. The third-order valence-corrected chi connectivity index (χ3v) is 13.9. The van der Waals surface area contributed by atoms with Crippen LogP contribution >= 0.6 is 11.6 Å². The Hall–Kier alpha value is -2.85. The first-order valence-corrected chi connectivity index (χ1v) is 20.9. The number of ether oxygens (including phenoxy) is 2. The van der Waals surface area contributed by atoms with Crippen molar-refractivity contribution in [1.29, 1.82) is 0 Å². The van der Waals surface area contributed by atoms with Crippen LogP contribution in [0, 0.1) is 17.8 Å². The Morgan fingerprint density at radius 2 is 2.04 bits per heavy atom.